The van der Waals surface area contributed by atoms with E-state index in [1.807, 2.05) is 12.1 Å². The van der Waals surface area contributed by atoms with Gasteiger partial charge < -0.3 is 24.5 Å². The fraction of sp³-hybridized carbons (Fsp3) is 0.130. The molecule has 0 fully saturated rings. The Balaban J connectivity index is 1.60. The van der Waals surface area contributed by atoms with Crippen LogP contribution in [0, 0.1) is 0 Å². The normalized spacial score (nSPS) is 11.4. The zero-order valence-corrected chi connectivity index (χ0v) is 17.1. The maximum Gasteiger partial charge on any atom is 0.573 e. The monoisotopic (exact) mass is 460 g/mol. The van der Waals surface area contributed by atoms with Gasteiger partial charge in [0.2, 0.25) is 0 Å². The maximum absolute atomic E-state index is 12.6. The van der Waals surface area contributed by atoms with Crippen LogP contribution >= 0.6 is 0 Å². The van der Waals surface area contributed by atoms with Crippen LogP contribution in [-0.4, -0.2) is 34.5 Å². The highest BCUT2D eigenvalue weighted by atomic mass is 19.4. The van der Waals surface area contributed by atoms with E-state index in [9.17, 15) is 22.8 Å². The second-order valence-electron chi connectivity index (χ2n) is 6.73. The van der Waals surface area contributed by atoms with Crippen molar-refractivity contribution in [2.24, 2.45) is 0 Å². The number of anilines is 1. The van der Waals surface area contributed by atoms with Crippen molar-refractivity contribution in [1.29, 1.82) is 0 Å². The number of amides is 1. The Hall–Kier alpha value is -4.21. The van der Waals surface area contributed by atoms with Crippen LogP contribution in [0.25, 0.3) is 6.08 Å². The molecule has 0 radical (unpaired) electrons. The minimum atomic E-state index is -4.79. The van der Waals surface area contributed by atoms with Gasteiger partial charge in [0.1, 0.15) is 17.2 Å². The summed E-state index contributed by atoms with van der Waals surface area (Å²) in [5.74, 6) is -1.46. The summed E-state index contributed by atoms with van der Waals surface area (Å²) in [6.07, 6.45) is 0.545. The molecular weight excluding hydrogens is 441 g/mol. The van der Waals surface area contributed by atoms with Crippen molar-refractivity contribution in [1.82, 2.24) is 4.57 Å². The smallest absolute Gasteiger partial charge is 0.482 e. The van der Waals surface area contributed by atoms with Crippen LogP contribution in [0.3, 0.4) is 0 Å². The van der Waals surface area contributed by atoms with Gasteiger partial charge in [-0.3, -0.25) is 4.79 Å². The van der Waals surface area contributed by atoms with Crippen molar-refractivity contribution >= 4 is 23.6 Å². The van der Waals surface area contributed by atoms with Crippen LogP contribution in [0.4, 0.5) is 18.9 Å². The molecule has 1 heterocycles. The first-order valence-corrected chi connectivity index (χ1v) is 9.63. The topological polar surface area (TPSA) is 89.8 Å². The minimum absolute atomic E-state index is 0.316. The fourth-order valence-corrected chi connectivity index (χ4v) is 2.87. The van der Waals surface area contributed by atoms with Gasteiger partial charge in [0.05, 0.1) is 0 Å². The summed E-state index contributed by atoms with van der Waals surface area (Å²) in [6.45, 7) is -0.0680. The van der Waals surface area contributed by atoms with Crippen LogP contribution in [0.1, 0.15) is 16.1 Å². The van der Waals surface area contributed by atoms with E-state index in [1.165, 1.54) is 12.1 Å². The third-order valence-electron chi connectivity index (χ3n) is 4.24. The van der Waals surface area contributed by atoms with Crippen molar-refractivity contribution in [3.05, 3.63) is 84.2 Å². The average Bonchev–Trinajstić information content (AvgIpc) is 3.22. The molecule has 1 aromatic heterocycles. The second kappa shape index (κ2) is 10.4. The van der Waals surface area contributed by atoms with Crippen molar-refractivity contribution < 1.29 is 37.3 Å². The largest absolute Gasteiger partial charge is 0.573 e. The summed E-state index contributed by atoms with van der Waals surface area (Å²) < 4.78 is 47.4. The highest BCUT2D eigenvalue weighted by Crippen LogP contribution is 2.24. The Morgan fingerprint density at radius 2 is 1.79 bits per heavy atom. The lowest BCUT2D eigenvalue weighted by atomic mass is 10.2. The lowest BCUT2D eigenvalue weighted by Gasteiger charge is -2.11. The zero-order chi connectivity index (χ0) is 23.8. The van der Waals surface area contributed by atoms with E-state index < -0.39 is 24.8 Å². The number of carbonyl (C=O) groups is 2. The van der Waals surface area contributed by atoms with Gasteiger partial charge in [-0.2, -0.15) is 0 Å². The Bertz CT molecular complexity index is 1140. The number of rotatable bonds is 9. The molecule has 0 spiro atoms. The molecule has 172 valence electrons. The number of hydrogen-bond acceptors (Lipinski definition) is 4. The molecular formula is C23H19F3N2O5. The van der Waals surface area contributed by atoms with Crippen molar-refractivity contribution in [3.8, 4) is 11.5 Å². The number of halogens is 3. The number of nitrogens with one attached hydrogen (secondary N) is 1. The number of carbonyl (C=O) groups excluding carboxylic acids is 1. The summed E-state index contributed by atoms with van der Waals surface area (Å²) in [6, 6.07) is 15.0. The van der Waals surface area contributed by atoms with E-state index in [2.05, 4.69) is 10.1 Å². The second-order valence-corrected chi connectivity index (χ2v) is 6.73. The number of hydrogen-bond donors (Lipinski definition) is 2. The lowest BCUT2D eigenvalue weighted by Crippen LogP contribution is -2.18. The highest BCUT2D eigenvalue weighted by molar-refractivity contribution is 6.03. The quantitative estimate of drug-likeness (QED) is 0.478. The van der Waals surface area contributed by atoms with Gasteiger partial charge in [-0.25, -0.2) is 4.79 Å². The fourth-order valence-electron chi connectivity index (χ4n) is 2.87. The van der Waals surface area contributed by atoms with Crippen LogP contribution < -0.4 is 14.8 Å². The molecule has 0 atom stereocenters. The summed E-state index contributed by atoms with van der Waals surface area (Å²) in [4.78, 5) is 23.2. The van der Waals surface area contributed by atoms with Gasteiger partial charge in [0.25, 0.3) is 5.91 Å². The Morgan fingerprint density at radius 3 is 2.48 bits per heavy atom. The Morgan fingerprint density at radius 1 is 1.03 bits per heavy atom. The van der Waals surface area contributed by atoms with Crippen molar-refractivity contribution in [2.45, 2.75) is 12.9 Å². The number of alkyl halides is 3. The summed E-state index contributed by atoms with van der Waals surface area (Å²) in [7, 11) is 0. The van der Waals surface area contributed by atoms with Gasteiger partial charge in [-0.05, 0) is 54.1 Å². The number of aromatic nitrogens is 1. The maximum atomic E-state index is 12.6. The molecule has 0 aliphatic rings. The van der Waals surface area contributed by atoms with Crippen molar-refractivity contribution in [3.63, 3.8) is 0 Å². The molecule has 0 aliphatic heterocycles. The van der Waals surface area contributed by atoms with E-state index in [4.69, 9.17) is 9.84 Å². The molecule has 0 unspecified atom stereocenters. The van der Waals surface area contributed by atoms with Crippen LogP contribution in [0.2, 0.25) is 0 Å². The van der Waals surface area contributed by atoms with E-state index in [-0.39, 0.29) is 5.75 Å². The van der Waals surface area contributed by atoms with Crippen LogP contribution in [-0.2, 0) is 11.3 Å². The average molecular weight is 460 g/mol. The standard InChI is InChI=1S/C23H19F3N2O5/c24-23(25,26)33-18-10-8-17(9-11-18)27-22(31)20-7-3-13-28(20)12-2-5-16-4-1-6-19(14-16)32-15-21(29)30/h1-11,13-14H,12,15H2,(H,27,31)(H,29,30)/b5-2+. The lowest BCUT2D eigenvalue weighted by molar-refractivity contribution is -0.274. The van der Waals surface area contributed by atoms with Gasteiger partial charge in [-0.1, -0.05) is 24.3 Å². The van der Waals surface area contributed by atoms with Gasteiger partial charge in [0.15, 0.2) is 6.61 Å². The van der Waals surface area contributed by atoms with Crippen LogP contribution in [0.5, 0.6) is 11.5 Å². The molecule has 0 saturated carbocycles. The van der Waals surface area contributed by atoms with E-state index in [0.717, 1.165) is 17.7 Å². The minimum Gasteiger partial charge on any atom is -0.482 e. The number of nitrogens with zero attached hydrogens (tertiary/aromatic N) is 1. The first-order chi connectivity index (χ1) is 15.7. The number of carboxylic acids is 1. The van der Waals surface area contributed by atoms with Gasteiger partial charge in [0, 0.05) is 18.4 Å². The number of aliphatic carboxylic acids is 1. The molecule has 2 N–H and O–H groups in total. The zero-order valence-electron chi connectivity index (χ0n) is 17.1. The SMILES string of the molecule is O=C(O)COc1cccc(/C=C/Cn2cccc2C(=O)Nc2ccc(OC(F)(F)F)cc2)c1. The van der Waals surface area contributed by atoms with Gasteiger partial charge in [-0.15, -0.1) is 13.2 Å². The van der Waals surface area contributed by atoms with E-state index in [0.29, 0.717) is 23.7 Å². The summed E-state index contributed by atoms with van der Waals surface area (Å²) in [5.41, 5.74) is 1.46. The highest BCUT2D eigenvalue weighted by Gasteiger charge is 2.31. The van der Waals surface area contributed by atoms with Crippen molar-refractivity contribution in [2.75, 3.05) is 11.9 Å². The molecule has 33 heavy (non-hydrogen) atoms. The van der Waals surface area contributed by atoms with Gasteiger partial charge >= 0.3 is 12.3 Å². The van der Waals surface area contributed by atoms with E-state index in [1.54, 1.807) is 47.2 Å². The molecule has 2 aromatic carbocycles. The Labute approximate surface area is 186 Å². The molecule has 0 bridgehead atoms. The molecule has 0 saturated heterocycles. The third kappa shape index (κ3) is 7.46. The first-order valence-electron chi connectivity index (χ1n) is 9.63. The Kier molecular flexibility index (Phi) is 7.39. The third-order valence-corrected chi connectivity index (χ3v) is 4.24. The number of allylic oxidation sites excluding steroid dienone is 1. The number of carboxylic acid groups (broad SMARTS) is 1. The molecule has 1 amide bonds. The predicted octanol–water partition coefficient (Wildman–Crippen LogP) is 4.82. The molecule has 10 heteroatoms. The number of benzene rings is 2. The van der Waals surface area contributed by atoms with Crippen LogP contribution in [0.15, 0.2) is 72.9 Å². The van der Waals surface area contributed by atoms with E-state index >= 15 is 0 Å². The molecule has 3 aromatic rings. The first kappa shape index (κ1) is 23.5. The number of ether oxygens (including phenoxy) is 2. The molecule has 0 aliphatic carbocycles. The molecule has 3 rings (SSSR count). The summed E-state index contributed by atoms with van der Waals surface area (Å²) in [5, 5.41) is 11.3. The summed E-state index contributed by atoms with van der Waals surface area (Å²) >= 11 is 0. The molecule has 7 nitrogen and oxygen atoms in total. The predicted molar refractivity (Wildman–Crippen MR) is 114 cm³/mol.